The van der Waals surface area contributed by atoms with E-state index in [0.29, 0.717) is 19.8 Å². The molecule has 2 rings (SSSR count). The summed E-state index contributed by atoms with van der Waals surface area (Å²) >= 11 is 0. The van der Waals surface area contributed by atoms with Crippen LogP contribution in [0.5, 0.6) is 0 Å². The summed E-state index contributed by atoms with van der Waals surface area (Å²) in [5.74, 6) is 0. The molecule has 1 fully saturated rings. The average Bonchev–Trinajstić information content (AvgIpc) is 2.83. The molecule has 0 radical (unpaired) electrons. The topological polar surface area (TPSA) is 27.7 Å². The van der Waals surface area contributed by atoms with E-state index in [1.165, 1.54) is 5.56 Å². The van der Waals surface area contributed by atoms with Crippen molar-refractivity contribution in [1.82, 2.24) is 0 Å². The van der Waals surface area contributed by atoms with Gasteiger partial charge in [-0.05, 0) is 12.0 Å². The summed E-state index contributed by atoms with van der Waals surface area (Å²) in [6.45, 7) is 3.52. The average molecular weight is 222 g/mol. The summed E-state index contributed by atoms with van der Waals surface area (Å²) in [6.07, 6.45) is 1.29. The summed E-state index contributed by atoms with van der Waals surface area (Å²) in [6, 6.07) is 10.2. The number of rotatable bonds is 6. The number of hydrogen-bond donors (Lipinski definition) is 0. The van der Waals surface area contributed by atoms with Crippen LogP contribution in [0.4, 0.5) is 0 Å². The molecule has 0 saturated carbocycles. The Hall–Kier alpha value is -0.900. The second-order valence-electron chi connectivity index (χ2n) is 3.89. The van der Waals surface area contributed by atoms with E-state index >= 15 is 0 Å². The zero-order valence-corrected chi connectivity index (χ0v) is 9.43. The number of hydrogen-bond acceptors (Lipinski definition) is 3. The number of benzene rings is 1. The number of ether oxygens (including phenoxy) is 3. The van der Waals surface area contributed by atoms with E-state index in [9.17, 15) is 0 Å². The van der Waals surface area contributed by atoms with Crippen LogP contribution in [-0.2, 0) is 20.8 Å². The van der Waals surface area contributed by atoms with Gasteiger partial charge in [0.2, 0.25) is 0 Å². The molecule has 0 aromatic heterocycles. The van der Waals surface area contributed by atoms with Gasteiger partial charge in [0, 0.05) is 6.61 Å². The van der Waals surface area contributed by atoms with Gasteiger partial charge in [0.25, 0.3) is 0 Å². The van der Waals surface area contributed by atoms with Crippen LogP contribution in [0, 0.1) is 0 Å². The van der Waals surface area contributed by atoms with Gasteiger partial charge in [-0.1, -0.05) is 30.3 Å². The third-order valence-corrected chi connectivity index (χ3v) is 2.58. The van der Waals surface area contributed by atoms with E-state index in [-0.39, 0.29) is 6.10 Å². The van der Waals surface area contributed by atoms with Crippen molar-refractivity contribution in [2.45, 2.75) is 19.1 Å². The Kier molecular flexibility index (Phi) is 4.80. The lowest BCUT2D eigenvalue weighted by Crippen LogP contribution is -2.15. The van der Waals surface area contributed by atoms with Gasteiger partial charge in [-0.3, -0.25) is 0 Å². The third kappa shape index (κ3) is 3.93. The second-order valence-corrected chi connectivity index (χ2v) is 3.89. The van der Waals surface area contributed by atoms with Crippen molar-refractivity contribution < 1.29 is 14.2 Å². The van der Waals surface area contributed by atoms with Crippen LogP contribution >= 0.6 is 0 Å². The predicted octanol–water partition coefficient (Wildman–Crippen LogP) is 2.01. The lowest BCUT2D eigenvalue weighted by Gasteiger charge is -2.09. The molecule has 3 nitrogen and oxygen atoms in total. The van der Waals surface area contributed by atoms with E-state index in [2.05, 4.69) is 12.1 Å². The van der Waals surface area contributed by atoms with Crippen molar-refractivity contribution in [3.05, 3.63) is 35.9 Å². The van der Waals surface area contributed by atoms with Gasteiger partial charge in [-0.25, -0.2) is 0 Å². The van der Waals surface area contributed by atoms with Crippen molar-refractivity contribution in [3.63, 3.8) is 0 Å². The Morgan fingerprint density at radius 2 is 2.06 bits per heavy atom. The molecule has 3 heteroatoms. The molecular formula is C13H18O3. The summed E-state index contributed by atoms with van der Waals surface area (Å²) in [5, 5.41) is 0. The van der Waals surface area contributed by atoms with Crippen LogP contribution in [0.2, 0.25) is 0 Å². The first-order valence-corrected chi connectivity index (χ1v) is 5.76. The first-order valence-electron chi connectivity index (χ1n) is 5.76. The fourth-order valence-corrected chi connectivity index (χ4v) is 1.68. The highest BCUT2D eigenvalue weighted by Gasteiger charge is 2.15. The van der Waals surface area contributed by atoms with Crippen LogP contribution in [0.25, 0.3) is 0 Å². The zero-order chi connectivity index (χ0) is 11.1. The maximum absolute atomic E-state index is 5.59. The Balaban J connectivity index is 1.52. The summed E-state index contributed by atoms with van der Waals surface area (Å²) < 4.78 is 16.3. The Morgan fingerprint density at radius 3 is 2.81 bits per heavy atom. The molecule has 0 bridgehead atoms. The van der Waals surface area contributed by atoms with Crippen LogP contribution in [0.1, 0.15) is 12.0 Å². The molecule has 0 spiro atoms. The summed E-state index contributed by atoms with van der Waals surface area (Å²) in [7, 11) is 0. The quantitative estimate of drug-likeness (QED) is 0.689. The van der Waals surface area contributed by atoms with Crippen molar-refractivity contribution in [3.8, 4) is 0 Å². The van der Waals surface area contributed by atoms with Gasteiger partial charge in [-0.15, -0.1) is 0 Å². The molecule has 16 heavy (non-hydrogen) atoms. The predicted molar refractivity (Wildman–Crippen MR) is 61.3 cm³/mol. The molecule has 1 atom stereocenters. The smallest absolute Gasteiger partial charge is 0.0831 e. The maximum Gasteiger partial charge on any atom is 0.0831 e. The fourth-order valence-electron chi connectivity index (χ4n) is 1.68. The zero-order valence-electron chi connectivity index (χ0n) is 9.43. The van der Waals surface area contributed by atoms with E-state index in [1.54, 1.807) is 0 Å². The SMILES string of the molecule is c1ccc(COCCO[C@H]2CCOC2)cc1. The van der Waals surface area contributed by atoms with Crippen LogP contribution in [0.3, 0.4) is 0 Å². The Morgan fingerprint density at radius 1 is 1.19 bits per heavy atom. The van der Waals surface area contributed by atoms with Crippen LogP contribution in [0.15, 0.2) is 30.3 Å². The van der Waals surface area contributed by atoms with E-state index in [1.807, 2.05) is 18.2 Å². The fraction of sp³-hybridized carbons (Fsp3) is 0.538. The lowest BCUT2D eigenvalue weighted by atomic mass is 10.2. The maximum atomic E-state index is 5.59. The molecule has 1 aliphatic heterocycles. The van der Waals surface area contributed by atoms with Gasteiger partial charge >= 0.3 is 0 Å². The minimum Gasteiger partial charge on any atom is -0.379 e. The molecule has 0 unspecified atom stereocenters. The molecule has 1 aromatic rings. The van der Waals surface area contributed by atoms with Crippen molar-refractivity contribution in [2.24, 2.45) is 0 Å². The minimum atomic E-state index is 0.278. The highest BCUT2D eigenvalue weighted by atomic mass is 16.6. The molecule has 0 aliphatic carbocycles. The first-order chi connectivity index (χ1) is 7.95. The molecule has 1 aromatic carbocycles. The van der Waals surface area contributed by atoms with Crippen LogP contribution in [-0.4, -0.2) is 32.5 Å². The van der Waals surface area contributed by atoms with Crippen molar-refractivity contribution in [2.75, 3.05) is 26.4 Å². The third-order valence-electron chi connectivity index (χ3n) is 2.58. The van der Waals surface area contributed by atoms with Gasteiger partial charge in [0.05, 0.1) is 32.5 Å². The molecule has 1 saturated heterocycles. The van der Waals surface area contributed by atoms with Gasteiger partial charge in [0.15, 0.2) is 0 Å². The summed E-state index contributed by atoms with van der Waals surface area (Å²) in [5.41, 5.74) is 1.20. The van der Waals surface area contributed by atoms with Gasteiger partial charge in [-0.2, -0.15) is 0 Å². The summed E-state index contributed by atoms with van der Waals surface area (Å²) in [4.78, 5) is 0. The lowest BCUT2D eigenvalue weighted by molar-refractivity contribution is -0.00292. The first kappa shape index (κ1) is 11.6. The minimum absolute atomic E-state index is 0.278. The van der Waals surface area contributed by atoms with E-state index in [0.717, 1.165) is 19.6 Å². The molecule has 0 amide bonds. The second kappa shape index (κ2) is 6.63. The van der Waals surface area contributed by atoms with Gasteiger partial charge < -0.3 is 14.2 Å². The standard InChI is InChI=1S/C13H18O3/c1-2-4-12(5-3-1)10-15-8-9-16-13-6-7-14-11-13/h1-5,13H,6-11H2/t13-/m0/s1. The highest BCUT2D eigenvalue weighted by molar-refractivity contribution is 5.13. The van der Waals surface area contributed by atoms with Crippen molar-refractivity contribution in [1.29, 1.82) is 0 Å². The molecule has 1 aliphatic rings. The van der Waals surface area contributed by atoms with E-state index in [4.69, 9.17) is 14.2 Å². The Labute approximate surface area is 96.3 Å². The van der Waals surface area contributed by atoms with Crippen LogP contribution < -0.4 is 0 Å². The van der Waals surface area contributed by atoms with Crippen molar-refractivity contribution >= 4 is 0 Å². The molecule has 1 heterocycles. The normalized spacial score (nSPS) is 20.1. The molecule has 88 valence electrons. The van der Waals surface area contributed by atoms with Gasteiger partial charge in [0.1, 0.15) is 0 Å². The van der Waals surface area contributed by atoms with E-state index < -0.39 is 0 Å². The Bertz CT molecular complexity index is 280. The molecular weight excluding hydrogens is 204 g/mol. The highest BCUT2D eigenvalue weighted by Crippen LogP contribution is 2.07. The monoisotopic (exact) mass is 222 g/mol. The largest absolute Gasteiger partial charge is 0.379 e. The molecule has 0 N–H and O–H groups in total.